The Morgan fingerprint density at radius 1 is 1.05 bits per heavy atom. The highest BCUT2D eigenvalue weighted by atomic mass is 19.1. The molecule has 0 saturated carbocycles. The summed E-state index contributed by atoms with van der Waals surface area (Å²) in [7, 11) is 0. The van der Waals surface area contributed by atoms with Crippen molar-refractivity contribution in [2.24, 2.45) is 5.16 Å². The van der Waals surface area contributed by atoms with E-state index in [0.717, 1.165) is 11.1 Å². The number of nitrogens with one attached hydrogen (secondary N) is 1. The van der Waals surface area contributed by atoms with Crippen molar-refractivity contribution in [3.8, 4) is 0 Å². The topological polar surface area (TPSA) is 91.3 Å². The number of likely N-dealkylation sites (tertiary alicyclic amines) is 2. The minimum Gasteiger partial charge on any atom is -0.386 e. The summed E-state index contributed by atoms with van der Waals surface area (Å²) >= 11 is 0. The Kier molecular flexibility index (Phi) is 7.42. The van der Waals surface area contributed by atoms with Gasteiger partial charge in [0.25, 0.3) is 5.91 Å². The predicted molar refractivity (Wildman–Crippen MR) is 145 cm³/mol. The molecule has 0 bridgehead atoms. The van der Waals surface area contributed by atoms with Gasteiger partial charge in [-0.3, -0.25) is 14.4 Å². The fourth-order valence-corrected chi connectivity index (χ4v) is 5.71. The van der Waals surface area contributed by atoms with Crippen molar-refractivity contribution in [3.63, 3.8) is 0 Å². The molecule has 5 rings (SSSR count). The van der Waals surface area contributed by atoms with Crippen LogP contribution in [0.1, 0.15) is 68.7 Å². The summed E-state index contributed by atoms with van der Waals surface area (Å²) in [6, 6.07) is 16.3. The van der Waals surface area contributed by atoms with Gasteiger partial charge in [0.2, 0.25) is 11.8 Å². The first-order valence-electron chi connectivity index (χ1n) is 13.6. The normalized spacial score (nSPS) is 25.1. The quantitative estimate of drug-likeness (QED) is 0.612. The lowest BCUT2D eigenvalue weighted by molar-refractivity contribution is -0.134. The van der Waals surface area contributed by atoms with Gasteiger partial charge in [0.15, 0.2) is 5.60 Å². The van der Waals surface area contributed by atoms with Crippen molar-refractivity contribution < 1.29 is 23.6 Å². The molecular formula is C30H35FN4O4. The molecule has 0 radical (unpaired) electrons. The van der Waals surface area contributed by atoms with Gasteiger partial charge in [0, 0.05) is 32.7 Å². The second-order valence-electron chi connectivity index (χ2n) is 11.2. The van der Waals surface area contributed by atoms with Crippen LogP contribution in [0.25, 0.3) is 0 Å². The second kappa shape index (κ2) is 10.8. The number of carbonyl (C=O) groups excluding carboxylic acids is 3. The maximum Gasteiger partial charge on any atom is 0.272 e. The number of carbonyl (C=O) groups is 3. The highest BCUT2D eigenvalue weighted by molar-refractivity contribution is 6.39. The zero-order valence-electron chi connectivity index (χ0n) is 22.6. The first kappa shape index (κ1) is 26.8. The summed E-state index contributed by atoms with van der Waals surface area (Å²) in [6.45, 7) is 6.45. The third-order valence-corrected chi connectivity index (χ3v) is 8.02. The van der Waals surface area contributed by atoms with Gasteiger partial charge in [-0.05, 0) is 22.6 Å². The van der Waals surface area contributed by atoms with Gasteiger partial charge in [-0.15, -0.1) is 0 Å². The van der Waals surface area contributed by atoms with Crippen LogP contribution in [0.4, 0.5) is 4.39 Å². The number of hydrogen-bond acceptors (Lipinski definition) is 5. The second-order valence-corrected chi connectivity index (χ2v) is 11.2. The van der Waals surface area contributed by atoms with E-state index in [0.29, 0.717) is 25.4 Å². The van der Waals surface area contributed by atoms with E-state index in [1.54, 1.807) is 4.90 Å². The molecule has 3 aliphatic heterocycles. The van der Waals surface area contributed by atoms with Crippen LogP contribution in [0.15, 0.2) is 59.8 Å². The number of alkyl halides is 1. The van der Waals surface area contributed by atoms with Crippen LogP contribution in [-0.2, 0) is 19.2 Å². The number of hydrogen-bond donors (Lipinski definition) is 1. The van der Waals surface area contributed by atoms with Gasteiger partial charge < -0.3 is 20.0 Å². The Labute approximate surface area is 228 Å². The highest BCUT2D eigenvalue weighted by Gasteiger charge is 2.50. The van der Waals surface area contributed by atoms with Crippen LogP contribution >= 0.6 is 0 Å². The van der Waals surface area contributed by atoms with Crippen molar-refractivity contribution in [1.82, 2.24) is 15.1 Å². The summed E-state index contributed by atoms with van der Waals surface area (Å²) in [6.07, 6.45) is -0.604. The van der Waals surface area contributed by atoms with Crippen LogP contribution in [0.5, 0.6) is 0 Å². The monoisotopic (exact) mass is 534 g/mol. The molecule has 1 spiro atoms. The van der Waals surface area contributed by atoms with E-state index in [2.05, 4.69) is 36.5 Å². The third kappa shape index (κ3) is 5.53. The average Bonchev–Trinajstić information content (AvgIpc) is 3.66. The van der Waals surface area contributed by atoms with Crippen molar-refractivity contribution >= 4 is 23.4 Å². The van der Waals surface area contributed by atoms with E-state index < -0.39 is 35.7 Å². The summed E-state index contributed by atoms with van der Waals surface area (Å²) in [4.78, 5) is 47.5. The molecule has 2 saturated heterocycles. The Morgan fingerprint density at radius 2 is 1.72 bits per heavy atom. The minimum atomic E-state index is -1.32. The van der Waals surface area contributed by atoms with Gasteiger partial charge in [-0.25, -0.2) is 4.39 Å². The van der Waals surface area contributed by atoms with Gasteiger partial charge in [0.1, 0.15) is 17.9 Å². The Balaban J connectivity index is 1.33. The van der Waals surface area contributed by atoms with E-state index >= 15 is 0 Å². The molecule has 206 valence electrons. The van der Waals surface area contributed by atoms with Crippen LogP contribution in [0.2, 0.25) is 0 Å². The fourth-order valence-electron chi connectivity index (χ4n) is 5.71. The zero-order valence-corrected chi connectivity index (χ0v) is 22.6. The molecule has 0 aromatic heterocycles. The standard InChI is InChI=1S/C30H35FN4O4/c1-19(2)21-9-11-23(12-10-21)27(22-7-5-4-6-8-22)32-28(37)26-15-24(31)17-35(26)29(38)25-16-30(39-33-25)13-14-34(18-30)20(3)36/h4-12,19,24,26-27H,13-18H2,1-3H3,(H,32,37)/t24-,26+,27+,30?/m1/s1. The Bertz CT molecular complexity index is 1270. The van der Waals surface area contributed by atoms with Crippen molar-refractivity contribution in [1.29, 1.82) is 0 Å². The lowest BCUT2D eigenvalue weighted by atomic mass is 9.94. The molecule has 3 amide bonds. The van der Waals surface area contributed by atoms with Gasteiger partial charge >= 0.3 is 0 Å². The van der Waals surface area contributed by atoms with Gasteiger partial charge in [-0.2, -0.15) is 0 Å². The molecule has 1 N–H and O–H groups in total. The van der Waals surface area contributed by atoms with E-state index in [4.69, 9.17) is 4.84 Å². The molecule has 0 aliphatic carbocycles. The van der Waals surface area contributed by atoms with Gasteiger partial charge in [-0.1, -0.05) is 73.6 Å². The number of rotatable bonds is 6. The lowest BCUT2D eigenvalue weighted by Gasteiger charge is -2.27. The maximum atomic E-state index is 14.7. The smallest absolute Gasteiger partial charge is 0.272 e. The van der Waals surface area contributed by atoms with Crippen LogP contribution in [0, 0.1) is 0 Å². The van der Waals surface area contributed by atoms with Gasteiger partial charge in [0.05, 0.1) is 19.1 Å². The Morgan fingerprint density at radius 3 is 2.36 bits per heavy atom. The summed E-state index contributed by atoms with van der Waals surface area (Å²) in [5.74, 6) is -0.590. The molecule has 2 fully saturated rings. The van der Waals surface area contributed by atoms with E-state index in [1.807, 2.05) is 42.5 Å². The molecule has 3 heterocycles. The third-order valence-electron chi connectivity index (χ3n) is 8.02. The molecule has 2 aromatic rings. The van der Waals surface area contributed by atoms with Crippen LogP contribution < -0.4 is 5.32 Å². The van der Waals surface area contributed by atoms with Crippen molar-refractivity contribution in [3.05, 3.63) is 71.3 Å². The van der Waals surface area contributed by atoms with Crippen molar-refractivity contribution in [2.45, 2.75) is 69.8 Å². The SMILES string of the molecule is CC(=O)N1CCC2(CC(C(=O)N3C[C@H](F)C[C@H]3C(=O)N[C@@H](c3ccccc3)c3ccc(C(C)C)cc3)=NO2)C1. The fraction of sp³-hybridized carbons (Fsp3) is 0.467. The summed E-state index contributed by atoms with van der Waals surface area (Å²) in [5, 5.41) is 7.13. The van der Waals surface area contributed by atoms with E-state index in [-0.39, 0.29) is 31.0 Å². The number of nitrogens with zero attached hydrogens (tertiary/aromatic N) is 3. The molecule has 39 heavy (non-hydrogen) atoms. The molecule has 9 heteroatoms. The average molecular weight is 535 g/mol. The molecule has 3 aliphatic rings. The number of halogens is 1. The Hall–Kier alpha value is -3.75. The first-order valence-corrected chi connectivity index (χ1v) is 13.6. The number of amides is 3. The minimum absolute atomic E-state index is 0.0568. The predicted octanol–water partition coefficient (Wildman–Crippen LogP) is 3.72. The summed E-state index contributed by atoms with van der Waals surface area (Å²) < 4.78 is 14.7. The molecule has 1 unspecified atom stereocenters. The highest BCUT2D eigenvalue weighted by Crippen LogP contribution is 2.35. The lowest BCUT2D eigenvalue weighted by Crippen LogP contribution is -2.49. The number of oxime groups is 1. The van der Waals surface area contributed by atoms with Crippen LogP contribution in [-0.4, -0.2) is 70.7 Å². The number of benzene rings is 2. The first-order chi connectivity index (χ1) is 18.7. The summed E-state index contributed by atoms with van der Waals surface area (Å²) in [5.41, 5.74) is 2.41. The maximum absolute atomic E-state index is 14.7. The van der Waals surface area contributed by atoms with Crippen molar-refractivity contribution in [2.75, 3.05) is 19.6 Å². The molecule has 2 aromatic carbocycles. The largest absolute Gasteiger partial charge is 0.386 e. The van der Waals surface area contributed by atoms with E-state index in [1.165, 1.54) is 17.4 Å². The van der Waals surface area contributed by atoms with Crippen LogP contribution in [0.3, 0.4) is 0 Å². The molecule has 8 nitrogen and oxygen atoms in total. The molecule has 4 atom stereocenters. The molecular weight excluding hydrogens is 499 g/mol. The zero-order chi connectivity index (χ0) is 27.7. The van der Waals surface area contributed by atoms with E-state index in [9.17, 15) is 18.8 Å².